The van der Waals surface area contributed by atoms with Crippen molar-refractivity contribution in [1.29, 1.82) is 0 Å². The second-order valence-corrected chi connectivity index (χ2v) is 4.88. The molecule has 0 saturated heterocycles. The third-order valence-corrected chi connectivity index (χ3v) is 3.31. The first-order valence-electron chi connectivity index (χ1n) is 7.06. The Balaban J connectivity index is 1.66. The van der Waals surface area contributed by atoms with E-state index < -0.39 is 0 Å². The van der Waals surface area contributed by atoms with Crippen molar-refractivity contribution in [2.24, 2.45) is 5.73 Å². The molecule has 0 radical (unpaired) electrons. The van der Waals surface area contributed by atoms with E-state index in [9.17, 15) is 0 Å². The number of nitrogens with two attached hydrogens (primary N) is 1. The minimum Gasteiger partial charge on any atom is -0.486 e. The molecule has 2 N–H and O–H groups in total. The van der Waals surface area contributed by atoms with Crippen molar-refractivity contribution in [2.75, 3.05) is 0 Å². The third-order valence-electron chi connectivity index (χ3n) is 3.31. The maximum Gasteiger partial charge on any atom is 0.189 e. The molecule has 6 heteroatoms. The van der Waals surface area contributed by atoms with E-state index >= 15 is 0 Å². The molecule has 0 bridgehead atoms. The van der Waals surface area contributed by atoms with Crippen LogP contribution in [0, 0.1) is 0 Å². The molecular formula is C16H17N5O. The maximum absolute atomic E-state index is 5.69. The zero-order chi connectivity index (χ0) is 15.2. The van der Waals surface area contributed by atoms with Gasteiger partial charge in [-0.1, -0.05) is 42.5 Å². The zero-order valence-electron chi connectivity index (χ0n) is 12.1. The molecule has 22 heavy (non-hydrogen) atoms. The molecule has 3 aromatic rings. The number of hydrogen-bond acceptors (Lipinski definition) is 5. The Kier molecular flexibility index (Phi) is 4.41. The standard InChI is InChI=1S/C16H17N5O/c17-10-13-6-8-14(9-7-13)11-21-16(18-19-20-21)12-22-15-4-2-1-3-5-15/h1-9H,10-12,17H2. The lowest BCUT2D eigenvalue weighted by molar-refractivity contribution is 0.288. The molecule has 2 aromatic carbocycles. The van der Waals surface area contributed by atoms with Gasteiger partial charge in [-0.25, -0.2) is 4.68 Å². The van der Waals surface area contributed by atoms with Gasteiger partial charge in [-0.05, 0) is 33.7 Å². The number of aromatic nitrogens is 4. The fourth-order valence-corrected chi connectivity index (χ4v) is 2.07. The van der Waals surface area contributed by atoms with Gasteiger partial charge >= 0.3 is 0 Å². The van der Waals surface area contributed by atoms with Crippen LogP contribution >= 0.6 is 0 Å². The summed E-state index contributed by atoms with van der Waals surface area (Å²) in [6, 6.07) is 17.7. The Morgan fingerprint density at radius 2 is 1.68 bits per heavy atom. The van der Waals surface area contributed by atoms with Gasteiger partial charge in [0.25, 0.3) is 0 Å². The smallest absolute Gasteiger partial charge is 0.189 e. The highest BCUT2D eigenvalue weighted by molar-refractivity contribution is 5.23. The van der Waals surface area contributed by atoms with E-state index in [1.807, 2.05) is 54.6 Å². The van der Waals surface area contributed by atoms with Gasteiger partial charge in [-0.3, -0.25) is 0 Å². The van der Waals surface area contributed by atoms with Crippen LogP contribution in [0.3, 0.4) is 0 Å². The monoisotopic (exact) mass is 295 g/mol. The van der Waals surface area contributed by atoms with E-state index in [1.54, 1.807) is 4.68 Å². The molecule has 0 aliphatic rings. The van der Waals surface area contributed by atoms with Crippen LogP contribution in [-0.4, -0.2) is 20.2 Å². The van der Waals surface area contributed by atoms with Crippen LogP contribution in [0.15, 0.2) is 54.6 Å². The summed E-state index contributed by atoms with van der Waals surface area (Å²) in [6.07, 6.45) is 0. The average Bonchev–Trinajstić information content (AvgIpc) is 3.02. The van der Waals surface area contributed by atoms with Gasteiger partial charge in [0.05, 0.1) is 6.54 Å². The number of hydrogen-bond donors (Lipinski definition) is 1. The fourth-order valence-electron chi connectivity index (χ4n) is 2.07. The van der Waals surface area contributed by atoms with E-state index in [1.165, 1.54) is 0 Å². The predicted octanol–water partition coefficient (Wildman–Crippen LogP) is 1.76. The summed E-state index contributed by atoms with van der Waals surface area (Å²) in [7, 11) is 0. The Morgan fingerprint density at radius 1 is 0.955 bits per heavy atom. The maximum atomic E-state index is 5.69. The second-order valence-electron chi connectivity index (χ2n) is 4.88. The minimum atomic E-state index is 0.331. The van der Waals surface area contributed by atoms with E-state index in [0.29, 0.717) is 25.5 Å². The topological polar surface area (TPSA) is 78.9 Å². The van der Waals surface area contributed by atoms with E-state index in [0.717, 1.165) is 16.9 Å². The van der Waals surface area contributed by atoms with Crippen LogP contribution in [0.25, 0.3) is 0 Å². The lowest BCUT2D eigenvalue weighted by atomic mass is 10.1. The van der Waals surface area contributed by atoms with Gasteiger partial charge < -0.3 is 10.5 Å². The lowest BCUT2D eigenvalue weighted by Crippen LogP contribution is -2.10. The predicted molar refractivity (Wildman–Crippen MR) is 82.0 cm³/mol. The molecule has 0 spiro atoms. The van der Waals surface area contributed by atoms with Crippen LogP contribution in [0.4, 0.5) is 0 Å². The third kappa shape index (κ3) is 3.48. The van der Waals surface area contributed by atoms with Gasteiger partial charge in [0, 0.05) is 6.54 Å². The van der Waals surface area contributed by atoms with Crippen LogP contribution < -0.4 is 10.5 Å². The summed E-state index contributed by atoms with van der Waals surface area (Å²) in [4.78, 5) is 0. The molecular weight excluding hydrogens is 278 g/mol. The molecule has 1 heterocycles. The summed E-state index contributed by atoms with van der Waals surface area (Å²) in [6.45, 7) is 1.48. The van der Waals surface area contributed by atoms with E-state index in [2.05, 4.69) is 15.5 Å². The molecule has 1 aromatic heterocycles. The van der Waals surface area contributed by atoms with Gasteiger partial charge in [0.2, 0.25) is 0 Å². The van der Waals surface area contributed by atoms with Crippen LogP contribution in [0.2, 0.25) is 0 Å². The number of nitrogens with zero attached hydrogens (tertiary/aromatic N) is 4. The normalized spacial score (nSPS) is 10.6. The molecule has 0 unspecified atom stereocenters. The SMILES string of the molecule is NCc1ccc(Cn2nnnc2COc2ccccc2)cc1. The van der Waals surface area contributed by atoms with Crippen molar-refractivity contribution in [3.8, 4) is 5.75 Å². The summed E-state index contributed by atoms with van der Waals surface area (Å²) in [5.74, 6) is 1.48. The molecule has 112 valence electrons. The van der Waals surface area contributed by atoms with Crippen LogP contribution in [0.5, 0.6) is 5.75 Å². The van der Waals surface area contributed by atoms with Crippen LogP contribution in [0.1, 0.15) is 17.0 Å². The highest BCUT2D eigenvalue weighted by Gasteiger charge is 2.07. The van der Waals surface area contributed by atoms with Crippen molar-refractivity contribution in [1.82, 2.24) is 20.2 Å². The quantitative estimate of drug-likeness (QED) is 0.749. The Morgan fingerprint density at radius 3 is 2.41 bits per heavy atom. The van der Waals surface area contributed by atoms with Crippen molar-refractivity contribution in [3.63, 3.8) is 0 Å². The molecule has 0 aliphatic carbocycles. The molecule has 6 nitrogen and oxygen atoms in total. The second kappa shape index (κ2) is 6.82. The number of para-hydroxylation sites is 1. The average molecular weight is 295 g/mol. The van der Waals surface area contributed by atoms with E-state index in [4.69, 9.17) is 10.5 Å². The number of rotatable bonds is 6. The first kappa shape index (κ1) is 14.2. The van der Waals surface area contributed by atoms with Crippen molar-refractivity contribution in [3.05, 3.63) is 71.5 Å². The highest BCUT2D eigenvalue weighted by atomic mass is 16.5. The summed E-state index contributed by atoms with van der Waals surface area (Å²) < 4.78 is 7.42. The minimum absolute atomic E-state index is 0.331. The zero-order valence-corrected chi connectivity index (χ0v) is 12.1. The van der Waals surface area contributed by atoms with Crippen molar-refractivity contribution in [2.45, 2.75) is 19.7 Å². The number of ether oxygens (including phenoxy) is 1. The molecule has 0 amide bonds. The number of benzene rings is 2. The van der Waals surface area contributed by atoms with Gasteiger partial charge in [-0.2, -0.15) is 0 Å². The molecule has 0 fully saturated rings. The summed E-state index contributed by atoms with van der Waals surface area (Å²) in [5.41, 5.74) is 7.82. The Bertz CT molecular complexity index is 709. The van der Waals surface area contributed by atoms with Gasteiger partial charge in [0.1, 0.15) is 12.4 Å². The first-order chi connectivity index (χ1) is 10.8. The Labute approximate surface area is 128 Å². The van der Waals surface area contributed by atoms with Crippen LogP contribution in [-0.2, 0) is 19.7 Å². The molecule has 0 saturated carbocycles. The summed E-state index contributed by atoms with van der Waals surface area (Å²) in [5, 5.41) is 11.8. The molecule has 0 aliphatic heterocycles. The van der Waals surface area contributed by atoms with Gasteiger partial charge in [-0.15, -0.1) is 5.10 Å². The first-order valence-corrected chi connectivity index (χ1v) is 7.06. The highest BCUT2D eigenvalue weighted by Crippen LogP contribution is 2.11. The van der Waals surface area contributed by atoms with Crippen molar-refractivity contribution < 1.29 is 4.74 Å². The summed E-state index contributed by atoms with van der Waals surface area (Å²) >= 11 is 0. The fraction of sp³-hybridized carbons (Fsp3) is 0.188. The van der Waals surface area contributed by atoms with E-state index in [-0.39, 0.29) is 0 Å². The van der Waals surface area contributed by atoms with Crippen molar-refractivity contribution >= 4 is 0 Å². The lowest BCUT2D eigenvalue weighted by Gasteiger charge is -2.07. The largest absolute Gasteiger partial charge is 0.486 e. The number of tetrazole rings is 1. The van der Waals surface area contributed by atoms with Gasteiger partial charge in [0.15, 0.2) is 5.82 Å². The Hall–Kier alpha value is -2.73. The molecule has 0 atom stereocenters. The molecule has 3 rings (SSSR count).